The molecule has 0 bridgehead atoms. The number of unbranched alkanes of at least 4 members (excludes halogenated alkanes) is 2. The summed E-state index contributed by atoms with van der Waals surface area (Å²) in [6.45, 7) is 2.56. The van der Waals surface area contributed by atoms with E-state index in [2.05, 4.69) is 4.98 Å². The molecule has 0 aliphatic rings. The topological polar surface area (TPSA) is 82.0 Å². The van der Waals surface area contributed by atoms with Crippen molar-refractivity contribution in [3.63, 3.8) is 0 Å². The summed E-state index contributed by atoms with van der Waals surface area (Å²) >= 11 is 0. The van der Waals surface area contributed by atoms with Crippen LogP contribution in [0.25, 0.3) is 0 Å². The van der Waals surface area contributed by atoms with Gasteiger partial charge in [-0.25, -0.2) is 4.98 Å². The second kappa shape index (κ2) is 6.23. The summed E-state index contributed by atoms with van der Waals surface area (Å²) in [4.78, 5) is 15.8. The molecule has 88 valence electrons. The molecular formula is C12H19N3O. The van der Waals surface area contributed by atoms with Crippen LogP contribution in [0.4, 0.5) is 5.82 Å². The van der Waals surface area contributed by atoms with Gasteiger partial charge in [-0.2, -0.15) is 0 Å². The van der Waals surface area contributed by atoms with Gasteiger partial charge in [-0.05, 0) is 37.9 Å². The van der Waals surface area contributed by atoms with Crippen LogP contribution < -0.4 is 11.5 Å². The van der Waals surface area contributed by atoms with Crippen molar-refractivity contribution in [3.8, 4) is 0 Å². The summed E-state index contributed by atoms with van der Waals surface area (Å²) in [6, 6.07) is 1.81. The lowest BCUT2D eigenvalue weighted by atomic mass is 10.0. The Balaban J connectivity index is 2.59. The van der Waals surface area contributed by atoms with E-state index in [4.69, 9.17) is 11.5 Å². The SMILES string of the molecule is Cc1ccnc(N)c1C(=O)CCCCCN. The Morgan fingerprint density at radius 3 is 2.75 bits per heavy atom. The monoisotopic (exact) mass is 221 g/mol. The molecule has 0 saturated carbocycles. The van der Waals surface area contributed by atoms with Crippen molar-refractivity contribution >= 4 is 11.6 Å². The second-order valence-electron chi connectivity index (χ2n) is 3.91. The Kier molecular flexibility index (Phi) is 4.92. The van der Waals surface area contributed by atoms with E-state index in [9.17, 15) is 4.79 Å². The fraction of sp³-hybridized carbons (Fsp3) is 0.500. The Labute approximate surface area is 96.0 Å². The highest BCUT2D eigenvalue weighted by Crippen LogP contribution is 2.17. The maximum absolute atomic E-state index is 11.9. The predicted molar refractivity (Wildman–Crippen MR) is 65.2 cm³/mol. The van der Waals surface area contributed by atoms with Crippen LogP contribution in [-0.2, 0) is 0 Å². The number of carbonyl (C=O) groups excluding carboxylic acids is 1. The number of pyridine rings is 1. The first-order valence-electron chi connectivity index (χ1n) is 5.61. The Morgan fingerprint density at radius 2 is 2.12 bits per heavy atom. The number of carbonyl (C=O) groups is 1. The smallest absolute Gasteiger partial charge is 0.166 e. The van der Waals surface area contributed by atoms with Crippen molar-refractivity contribution < 1.29 is 4.79 Å². The number of hydrogen-bond acceptors (Lipinski definition) is 4. The Morgan fingerprint density at radius 1 is 1.38 bits per heavy atom. The van der Waals surface area contributed by atoms with Crippen molar-refractivity contribution in [2.75, 3.05) is 12.3 Å². The van der Waals surface area contributed by atoms with Gasteiger partial charge in [0.25, 0.3) is 0 Å². The molecule has 1 heterocycles. The van der Waals surface area contributed by atoms with Gasteiger partial charge in [-0.15, -0.1) is 0 Å². The molecule has 4 N–H and O–H groups in total. The molecule has 16 heavy (non-hydrogen) atoms. The number of ketones is 1. The highest BCUT2D eigenvalue weighted by Gasteiger charge is 2.12. The second-order valence-corrected chi connectivity index (χ2v) is 3.91. The van der Waals surface area contributed by atoms with Gasteiger partial charge in [-0.1, -0.05) is 6.42 Å². The molecule has 4 nitrogen and oxygen atoms in total. The van der Waals surface area contributed by atoms with E-state index in [1.807, 2.05) is 13.0 Å². The zero-order valence-corrected chi connectivity index (χ0v) is 9.70. The van der Waals surface area contributed by atoms with Crippen LogP contribution >= 0.6 is 0 Å². The lowest BCUT2D eigenvalue weighted by Crippen LogP contribution is -2.08. The largest absolute Gasteiger partial charge is 0.383 e. The predicted octanol–water partition coefficient (Wildman–Crippen LogP) is 1.67. The number of nitrogens with two attached hydrogens (primary N) is 2. The third kappa shape index (κ3) is 3.31. The highest BCUT2D eigenvalue weighted by atomic mass is 16.1. The first-order valence-corrected chi connectivity index (χ1v) is 5.61. The van der Waals surface area contributed by atoms with E-state index in [-0.39, 0.29) is 5.78 Å². The van der Waals surface area contributed by atoms with Gasteiger partial charge >= 0.3 is 0 Å². The summed E-state index contributed by atoms with van der Waals surface area (Å²) in [5.41, 5.74) is 12.6. The number of anilines is 1. The van der Waals surface area contributed by atoms with Gasteiger partial charge in [0.2, 0.25) is 0 Å². The molecule has 0 atom stereocenters. The van der Waals surface area contributed by atoms with Gasteiger partial charge in [0.15, 0.2) is 5.78 Å². The van der Waals surface area contributed by atoms with E-state index in [1.54, 1.807) is 6.20 Å². The molecule has 1 rings (SSSR count). The maximum atomic E-state index is 11.9. The van der Waals surface area contributed by atoms with E-state index >= 15 is 0 Å². The van der Waals surface area contributed by atoms with Gasteiger partial charge < -0.3 is 11.5 Å². The highest BCUT2D eigenvalue weighted by molar-refractivity contribution is 6.01. The normalized spacial score (nSPS) is 10.4. The number of rotatable bonds is 6. The van der Waals surface area contributed by atoms with E-state index < -0.39 is 0 Å². The molecule has 1 aromatic heterocycles. The maximum Gasteiger partial charge on any atom is 0.166 e. The van der Waals surface area contributed by atoms with Crippen molar-refractivity contribution in [2.45, 2.75) is 32.6 Å². The van der Waals surface area contributed by atoms with E-state index in [1.165, 1.54) is 0 Å². The first-order chi connectivity index (χ1) is 7.66. The van der Waals surface area contributed by atoms with Crippen LogP contribution in [0.15, 0.2) is 12.3 Å². The first kappa shape index (κ1) is 12.6. The fourth-order valence-corrected chi connectivity index (χ4v) is 1.67. The summed E-state index contributed by atoms with van der Waals surface area (Å²) in [7, 11) is 0. The Hall–Kier alpha value is -1.42. The van der Waals surface area contributed by atoms with E-state index in [0.29, 0.717) is 24.3 Å². The summed E-state index contributed by atoms with van der Waals surface area (Å²) in [5.74, 6) is 0.420. The molecule has 0 amide bonds. The average molecular weight is 221 g/mol. The molecule has 0 saturated heterocycles. The van der Waals surface area contributed by atoms with Gasteiger partial charge in [-0.3, -0.25) is 4.79 Å². The number of nitrogen functional groups attached to an aromatic ring is 1. The quantitative estimate of drug-likeness (QED) is 0.565. The molecule has 0 aliphatic heterocycles. The minimum atomic E-state index is 0.0834. The minimum absolute atomic E-state index is 0.0834. The van der Waals surface area contributed by atoms with Gasteiger partial charge in [0.1, 0.15) is 5.82 Å². The zero-order valence-electron chi connectivity index (χ0n) is 9.70. The standard InChI is InChI=1S/C12H19N3O/c1-9-6-8-15-12(14)11(9)10(16)5-3-2-4-7-13/h6,8H,2-5,7,13H2,1H3,(H2,14,15). The molecule has 0 fully saturated rings. The lowest BCUT2D eigenvalue weighted by molar-refractivity contribution is 0.0979. The number of Topliss-reactive ketones (excluding diaryl/α,β-unsaturated/α-hetero) is 1. The summed E-state index contributed by atoms with van der Waals surface area (Å²) < 4.78 is 0. The van der Waals surface area contributed by atoms with Gasteiger partial charge in [0.05, 0.1) is 5.56 Å². The Bertz CT molecular complexity index is 343. The molecule has 1 aromatic rings. The van der Waals surface area contributed by atoms with Crippen molar-refractivity contribution in [2.24, 2.45) is 5.73 Å². The summed E-state index contributed by atoms with van der Waals surface area (Å²) in [6.07, 6.45) is 4.96. The fourth-order valence-electron chi connectivity index (χ4n) is 1.67. The number of aryl methyl sites for hydroxylation is 1. The number of nitrogens with zero attached hydrogens (tertiary/aromatic N) is 1. The lowest BCUT2D eigenvalue weighted by Gasteiger charge is -2.06. The minimum Gasteiger partial charge on any atom is -0.383 e. The third-order valence-electron chi connectivity index (χ3n) is 2.58. The van der Waals surface area contributed by atoms with Crippen LogP contribution in [0.5, 0.6) is 0 Å². The molecular weight excluding hydrogens is 202 g/mol. The third-order valence-corrected chi connectivity index (χ3v) is 2.58. The molecule has 0 aromatic carbocycles. The van der Waals surface area contributed by atoms with Crippen LogP contribution in [-0.4, -0.2) is 17.3 Å². The molecule has 0 spiro atoms. The molecule has 0 unspecified atom stereocenters. The van der Waals surface area contributed by atoms with Crippen LogP contribution in [0.1, 0.15) is 41.6 Å². The van der Waals surface area contributed by atoms with Crippen molar-refractivity contribution in [3.05, 3.63) is 23.4 Å². The molecule has 0 aliphatic carbocycles. The summed E-state index contributed by atoms with van der Waals surface area (Å²) in [5, 5.41) is 0. The van der Waals surface area contributed by atoms with Crippen LogP contribution in [0.3, 0.4) is 0 Å². The van der Waals surface area contributed by atoms with E-state index in [0.717, 1.165) is 24.8 Å². The van der Waals surface area contributed by atoms with Crippen molar-refractivity contribution in [1.82, 2.24) is 4.98 Å². The molecule has 4 heteroatoms. The van der Waals surface area contributed by atoms with Crippen LogP contribution in [0, 0.1) is 6.92 Å². The number of aromatic nitrogens is 1. The van der Waals surface area contributed by atoms with Crippen molar-refractivity contribution in [1.29, 1.82) is 0 Å². The number of hydrogen-bond donors (Lipinski definition) is 2. The van der Waals surface area contributed by atoms with Crippen LogP contribution in [0.2, 0.25) is 0 Å². The van der Waals surface area contributed by atoms with Gasteiger partial charge in [0, 0.05) is 12.6 Å². The molecule has 0 radical (unpaired) electrons. The zero-order chi connectivity index (χ0) is 12.0. The average Bonchev–Trinajstić information content (AvgIpc) is 2.24.